The van der Waals surface area contributed by atoms with Crippen molar-refractivity contribution in [3.63, 3.8) is 0 Å². The number of carbonyl (C=O) groups is 2. The van der Waals surface area contributed by atoms with Crippen LogP contribution in [-0.2, 0) is 9.59 Å². The topological polar surface area (TPSA) is 55.4 Å². The standard InChI is InChI=1S/C12H14ClNO3/c1-9(15)14-8-2-3-12(16)17-11-6-4-10(13)5-7-11/h4-7H,2-3,8H2,1H3,(H,14,15). The highest BCUT2D eigenvalue weighted by Gasteiger charge is 2.04. The summed E-state index contributed by atoms with van der Waals surface area (Å²) in [6.45, 7) is 1.91. The first-order valence-corrected chi connectivity index (χ1v) is 5.66. The number of amides is 1. The van der Waals surface area contributed by atoms with Gasteiger partial charge in [0.2, 0.25) is 5.91 Å². The van der Waals surface area contributed by atoms with Gasteiger partial charge < -0.3 is 10.1 Å². The van der Waals surface area contributed by atoms with Crippen molar-refractivity contribution in [1.29, 1.82) is 0 Å². The number of halogens is 1. The summed E-state index contributed by atoms with van der Waals surface area (Å²) in [5.74, 6) is 0.0488. The molecule has 0 aliphatic rings. The van der Waals surface area contributed by atoms with E-state index in [0.29, 0.717) is 23.7 Å². The van der Waals surface area contributed by atoms with Gasteiger partial charge >= 0.3 is 5.97 Å². The number of benzene rings is 1. The molecule has 0 radical (unpaired) electrons. The Balaban J connectivity index is 2.25. The van der Waals surface area contributed by atoms with Crippen molar-refractivity contribution in [3.05, 3.63) is 29.3 Å². The Labute approximate surface area is 105 Å². The predicted octanol–water partition coefficient (Wildman–Crippen LogP) is 2.16. The van der Waals surface area contributed by atoms with E-state index in [1.54, 1.807) is 24.3 Å². The van der Waals surface area contributed by atoms with Gasteiger partial charge in [-0.1, -0.05) is 11.6 Å². The molecule has 0 unspecified atom stereocenters. The zero-order valence-corrected chi connectivity index (χ0v) is 10.3. The average molecular weight is 256 g/mol. The lowest BCUT2D eigenvalue weighted by Gasteiger charge is -2.04. The van der Waals surface area contributed by atoms with Gasteiger partial charge in [0, 0.05) is 24.9 Å². The lowest BCUT2D eigenvalue weighted by atomic mass is 10.3. The van der Waals surface area contributed by atoms with Crippen LogP contribution in [0.2, 0.25) is 5.02 Å². The molecule has 0 bridgehead atoms. The third-order valence-corrected chi connectivity index (χ3v) is 2.23. The summed E-state index contributed by atoms with van der Waals surface area (Å²) < 4.78 is 5.07. The van der Waals surface area contributed by atoms with E-state index < -0.39 is 0 Å². The number of hydrogen-bond donors (Lipinski definition) is 1. The highest BCUT2D eigenvalue weighted by molar-refractivity contribution is 6.30. The molecule has 1 rings (SSSR count). The lowest BCUT2D eigenvalue weighted by Crippen LogP contribution is -2.22. The number of hydrogen-bond acceptors (Lipinski definition) is 3. The van der Waals surface area contributed by atoms with Crippen LogP contribution < -0.4 is 10.1 Å². The Bertz CT molecular complexity index is 389. The molecule has 1 amide bonds. The van der Waals surface area contributed by atoms with Gasteiger partial charge in [0.05, 0.1) is 0 Å². The maximum Gasteiger partial charge on any atom is 0.311 e. The van der Waals surface area contributed by atoms with Crippen molar-refractivity contribution in [2.75, 3.05) is 6.54 Å². The van der Waals surface area contributed by atoms with Crippen LogP contribution in [0.15, 0.2) is 24.3 Å². The molecular weight excluding hydrogens is 242 g/mol. The first kappa shape index (κ1) is 13.5. The molecule has 0 aliphatic heterocycles. The van der Waals surface area contributed by atoms with E-state index in [1.807, 2.05) is 0 Å². The molecule has 4 nitrogen and oxygen atoms in total. The second kappa shape index (κ2) is 6.91. The number of ether oxygens (including phenoxy) is 1. The Morgan fingerprint density at radius 1 is 1.29 bits per heavy atom. The van der Waals surface area contributed by atoms with Crippen molar-refractivity contribution in [1.82, 2.24) is 5.32 Å². The third kappa shape index (κ3) is 5.92. The maximum atomic E-state index is 11.4. The SMILES string of the molecule is CC(=O)NCCCC(=O)Oc1ccc(Cl)cc1. The third-order valence-electron chi connectivity index (χ3n) is 1.98. The number of nitrogens with one attached hydrogen (secondary N) is 1. The fraction of sp³-hybridized carbons (Fsp3) is 0.333. The summed E-state index contributed by atoms with van der Waals surface area (Å²) in [6, 6.07) is 6.57. The highest BCUT2D eigenvalue weighted by Crippen LogP contribution is 2.16. The molecule has 1 N–H and O–H groups in total. The molecule has 0 fully saturated rings. The average Bonchev–Trinajstić information content (AvgIpc) is 2.27. The van der Waals surface area contributed by atoms with Crippen LogP contribution in [-0.4, -0.2) is 18.4 Å². The zero-order chi connectivity index (χ0) is 12.7. The number of esters is 1. The molecule has 0 saturated carbocycles. The van der Waals surface area contributed by atoms with Crippen molar-refractivity contribution < 1.29 is 14.3 Å². The molecule has 17 heavy (non-hydrogen) atoms. The monoisotopic (exact) mass is 255 g/mol. The minimum Gasteiger partial charge on any atom is -0.427 e. The van der Waals surface area contributed by atoms with Crippen LogP contribution >= 0.6 is 11.6 Å². The molecule has 0 aromatic heterocycles. The molecule has 0 heterocycles. The fourth-order valence-electron chi connectivity index (χ4n) is 1.18. The van der Waals surface area contributed by atoms with Gasteiger partial charge in [-0.2, -0.15) is 0 Å². The summed E-state index contributed by atoms with van der Waals surface area (Å²) in [7, 11) is 0. The first-order valence-electron chi connectivity index (χ1n) is 5.28. The summed E-state index contributed by atoms with van der Waals surface area (Å²) in [4.78, 5) is 21.9. The van der Waals surface area contributed by atoms with Crippen molar-refractivity contribution in [3.8, 4) is 5.75 Å². The zero-order valence-electron chi connectivity index (χ0n) is 9.53. The van der Waals surface area contributed by atoms with Crippen LogP contribution in [0, 0.1) is 0 Å². The normalized spacial score (nSPS) is 9.76. The van der Waals surface area contributed by atoms with Gasteiger partial charge in [-0.25, -0.2) is 0 Å². The van der Waals surface area contributed by atoms with Crippen molar-refractivity contribution >= 4 is 23.5 Å². The van der Waals surface area contributed by atoms with E-state index in [2.05, 4.69) is 5.32 Å². The summed E-state index contributed by atoms with van der Waals surface area (Å²) >= 11 is 5.70. The Morgan fingerprint density at radius 3 is 2.53 bits per heavy atom. The van der Waals surface area contributed by atoms with Gasteiger partial charge in [0.15, 0.2) is 0 Å². The van der Waals surface area contributed by atoms with Crippen molar-refractivity contribution in [2.45, 2.75) is 19.8 Å². The predicted molar refractivity (Wildman–Crippen MR) is 65.0 cm³/mol. The van der Waals surface area contributed by atoms with Gasteiger partial charge in [0.25, 0.3) is 0 Å². The smallest absolute Gasteiger partial charge is 0.311 e. The second-order valence-corrected chi connectivity index (χ2v) is 3.95. The van der Waals surface area contributed by atoms with Gasteiger partial charge in [-0.3, -0.25) is 9.59 Å². The summed E-state index contributed by atoms with van der Waals surface area (Å²) in [5, 5.41) is 3.20. The summed E-state index contributed by atoms with van der Waals surface area (Å²) in [5.41, 5.74) is 0. The van der Waals surface area contributed by atoms with E-state index >= 15 is 0 Å². The van der Waals surface area contributed by atoms with Gasteiger partial charge in [0.1, 0.15) is 5.75 Å². The molecule has 0 atom stereocenters. The molecular formula is C12H14ClNO3. The Kier molecular flexibility index (Phi) is 5.49. The van der Waals surface area contributed by atoms with Crippen LogP contribution in [0.5, 0.6) is 5.75 Å². The highest BCUT2D eigenvalue weighted by atomic mass is 35.5. The fourth-order valence-corrected chi connectivity index (χ4v) is 1.31. The summed E-state index contributed by atoms with van der Waals surface area (Å²) in [6.07, 6.45) is 0.828. The number of rotatable bonds is 5. The number of carbonyl (C=O) groups excluding carboxylic acids is 2. The molecule has 92 valence electrons. The molecule has 1 aromatic rings. The van der Waals surface area contributed by atoms with E-state index in [4.69, 9.17) is 16.3 Å². The minimum atomic E-state index is -0.322. The van der Waals surface area contributed by atoms with Crippen LogP contribution in [0.4, 0.5) is 0 Å². The van der Waals surface area contributed by atoms with Crippen LogP contribution in [0.3, 0.4) is 0 Å². The largest absolute Gasteiger partial charge is 0.427 e. The quantitative estimate of drug-likeness (QED) is 0.498. The molecule has 0 aliphatic carbocycles. The van der Waals surface area contributed by atoms with Crippen LogP contribution in [0.25, 0.3) is 0 Å². The van der Waals surface area contributed by atoms with Gasteiger partial charge in [-0.05, 0) is 30.7 Å². The minimum absolute atomic E-state index is 0.101. The second-order valence-electron chi connectivity index (χ2n) is 3.51. The van der Waals surface area contributed by atoms with Gasteiger partial charge in [-0.15, -0.1) is 0 Å². The molecule has 1 aromatic carbocycles. The molecule has 0 spiro atoms. The Hall–Kier alpha value is -1.55. The van der Waals surface area contributed by atoms with Crippen molar-refractivity contribution in [2.24, 2.45) is 0 Å². The van der Waals surface area contributed by atoms with E-state index in [-0.39, 0.29) is 18.3 Å². The van der Waals surface area contributed by atoms with Crippen LogP contribution in [0.1, 0.15) is 19.8 Å². The maximum absolute atomic E-state index is 11.4. The molecule has 0 saturated heterocycles. The van der Waals surface area contributed by atoms with E-state index in [1.165, 1.54) is 6.92 Å². The Morgan fingerprint density at radius 2 is 1.94 bits per heavy atom. The molecule has 5 heteroatoms. The van der Waals surface area contributed by atoms with E-state index in [0.717, 1.165) is 0 Å². The lowest BCUT2D eigenvalue weighted by molar-refractivity contribution is -0.134. The first-order chi connectivity index (χ1) is 8.08. The van der Waals surface area contributed by atoms with E-state index in [9.17, 15) is 9.59 Å².